The first-order valence-corrected chi connectivity index (χ1v) is 11.2. The van der Waals surface area contributed by atoms with Crippen LogP contribution in [0, 0.1) is 0 Å². The minimum absolute atomic E-state index is 0.0877. The minimum Gasteiger partial charge on any atom is -0.497 e. The lowest BCUT2D eigenvalue weighted by atomic mass is 9.80. The van der Waals surface area contributed by atoms with E-state index in [1.807, 2.05) is 12.1 Å². The third kappa shape index (κ3) is 6.56. The predicted octanol–water partition coefficient (Wildman–Crippen LogP) is 3.86. The number of piperidine rings is 1. The van der Waals surface area contributed by atoms with Crippen LogP contribution in [0.2, 0.25) is 0 Å². The van der Waals surface area contributed by atoms with Gasteiger partial charge in [0.2, 0.25) is 0 Å². The smallest absolute Gasteiger partial charge is 0.169 e. The molecule has 2 aliphatic heterocycles. The molecular formula is C23H37N3O2S. The average molecular weight is 420 g/mol. The van der Waals surface area contributed by atoms with Gasteiger partial charge in [0.15, 0.2) is 5.11 Å². The molecule has 1 atom stereocenters. The summed E-state index contributed by atoms with van der Waals surface area (Å²) >= 11 is 5.90. The molecule has 0 bridgehead atoms. The highest BCUT2D eigenvalue weighted by Gasteiger charge is 2.38. The zero-order valence-electron chi connectivity index (χ0n) is 18.6. The molecule has 0 radical (unpaired) electrons. The van der Waals surface area contributed by atoms with Gasteiger partial charge < -0.3 is 25.0 Å². The first kappa shape index (κ1) is 22.3. The molecule has 29 heavy (non-hydrogen) atoms. The number of methoxy groups -OCH3 is 1. The van der Waals surface area contributed by atoms with Crippen molar-refractivity contribution in [3.8, 4) is 5.75 Å². The lowest BCUT2D eigenvalue weighted by Crippen LogP contribution is -2.63. The summed E-state index contributed by atoms with van der Waals surface area (Å²) < 4.78 is 11.2. The van der Waals surface area contributed by atoms with Gasteiger partial charge in [-0.15, -0.1) is 0 Å². The maximum absolute atomic E-state index is 5.90. The van der Waals surface area contributed by atoms with E-state index in [2.05, 4.69) is 55.4 Å². The number of thiocarbonyl (C=S) groups is 1. The predicted molar refractivity (Wildman–Crippen MR) is 122 cm³/mol. The first-order valence-electron chi connectivity index (χ1n) is 10.8. The van der Waals surface area contributed by atoms with Crippen molar-refractivity contribution in [3.63, 3.8) is 0 Å². The third-order valence-electron chi connectivity index (χ3n) is 5.79. The minimum atomic E-state index is 0.0877. The first-order chi connectivity index (χ1) is 13.7. The molecule has 0 aliphatic carbocycles. The molecular weight excluding hydrogens is 382 g/mol. The Balaban J connectivity index is 1.69. The van der Waals surface area contributed by atoms with Gasteiger partial charge in [0.1, 0.15) is 5.75 Å². The van der Waals surface area contributed by atoms with Crippen molar-refractivity contribution in [1.82, 2.24) is 15.5 Å². The van der Waals surface area contributed by atoms with Crippen LogP contribution in [0.3, 0.4) is 0 Å². The second kappa shape index (κ2) is 9.19. The largest absolute Gasteiger partial charge is 0.497 e. The zero-order valence-corrected chi connectivity index (χ0v) is 19.4. The van der Waals surface area contributed by atoms with Crippen molar-refractivity contribution < 1.29 is 9.47 Å². The summed E-state index contributed by atoms with van der Waals surface area (Å²) in [4.78, 5) is 2.27. The van der Waals surface area contributed by atoms with Gasteiger partial charge in [-0.3, -0.25) is 0 Å². The van der Waals surface area contributed by atoms with Crippen LogP contribution in [0.15, 0.2) is 24.3 Å². The number of hydrogen-bond donors (Lipinski definition) is 2. The van der Waals surface area contributed by atoms with Crippen molar-refractivity contribution in [2.45, 2.75) is 83.1 Å². The molecule has 2 aliphatic rings. The van der Waals surface area contributed by atoms with E-state index >= 15 is 0 Å². The topological polar surface area (TPSA) is 45.8 Å². The Morgan fingerprint density at radius 1 is 1.21 bits per heavy atom. The summed E-state index contributed by atoms with van der Waals surface area (Å²) in [5.74, 6) is 0.874. The summed E-state index contributed by atoms with van der Waals surface area (Å²) in [5, 5.41) is 8.26. The van der Waals surface area contributed by atoms with Gasteiger partial charge >= 0.3 is 0 Å². The van der Waals surface area contributed by atoms with Gasteiger partial charge in [-0.1, -0.05) is 12.1 Å². The van der Waals surface area contributed by atoms with E-state index in [-0.39, 0.29) is 17.2 Å². The van der Waals surface area contributed by atoms with Crippen molar-refractivity contribution in [2.75, 3.05) is 20.3 Å². The summed E-state index contributed by atoms with van der Waals surface area (Å²) in [6.07, 6.45) is 4.60. The number of nitrogens with one attached hydrogen (secondary N) is 2. The van der Waals surface area contributed by atoms with Gasteiger partial charge in [-0.2, -0.15) is 0 Å². The van der Waals surface area contributed by atoms with Gasteiger partial charge in [-0.05, 0) is 83.3 Å². The molecule has 1 aromatic carbocycles. The normalized spacial score (nSPS) is 23.6. The van der Waals surface area contributed by atoms with Crippen LogP contribution in [0.4, 0.5) is 0 Å². The van der Waals surface area contributed by atoms with Crippen molar-refractivity contribution in [2.24, 2.45) is 0 Å². The van der Waals surface area contributed by atoms with Crippen LogP contribution < -0.4 is 15.4 Å². The fraction of sp³-hybridized carbons (Fsp3) is 0.696. The molecule has 162 valence electrons. The van der Waals surface area contributed by atoms with Crippen molar-refractivity contribution in [1.29, 1.82) is 0 Å². The Kier molecular flexibility index (Phi) is 7.07. The molecule has 2 N–H and O–H groups in total. The van der Waals surface area contributed by atoms with E-state index in [1.54, 1.807) is 7.11 Å². The molecule has 2 heterocycles. The van der Waals surface area contributed by atoms with Crippen molar-refractivity contribution >= 4 is 17.3 Å². The fourth-order valence-electron chi connectivity index (χ4n) is 4.89. The summed E-state index contributed by atoms with van der Waals surface area (Å²) in [7, 11) is 1.69. The van der Waals surface area contributed by atoms with Crippen LogP contribution in [0.1, 0.15) is 58.9 Å². The molecule has 0 amide bonds. The Bertz CT molecular complexity index is 668. The van der Waals surface area contributed by atoms with Crippen LogP contribution in [0.25, 0.3) is 0 Å². The highest BCUT2D eigenvalue weighted by Crippen LogP contribution is 2.29. The van der Waals surface area contributed by atoms with Crippen LogP contribution in [0.5, 0.6) is 5.75 Å². The highest BCUT2D eigenvalue weighted by molar-refractivity contribution is 7.80. The van der Waals surface area contributed by atoms with E-state index in [9.17, 15) is 0 Å². The zero-order chi connectivity index (χ0) is 21.1. The van der Waals surface area contributed by atoms with E-state index < -0.39 is 0 Å². The van der Waals surface area contributed by atoms with E-state index in [0.29, 0.717) is 6.04 Å². The maximum Gasteiger partial charge on any atom is 0.169 e. The molecule has 5 nitrogen and oxygen atoms in total. The van der Waals surface area contributed by atoms with Gasteiger partial charge in [0, 0.05) is 36.8 Å². The Morgan fingerprint density at radius 2 is 1.86 bits per heavy atom. The van der Waals surface area contributed by atoms with Gasteiger partial charge in [0.05, 0.1) is 13.2 Å². The number of hydrogen-bond acceptors (Lipinski definition) is 4. The molecule has 2 saturated heterocycles. The number of ether oxygens (including phenoxy) is 2. The van der Waals surface area contributed by atoms with Crippen LogP contribution >= 0.6 is 12.2 Å². The van der Waals surface area contributed by atoms with Gasteiger partial charge in [0.25, 0.3) is 0 Å². The molecule has 1 unspecified atom stereocenters. The fourth-order valence-corrected chi connectivity index (χ4v) is 5.20. The summed E-state index contributed by atoms with van der Waals surface area (Å²) in [5.41, 5.74) is 1.40. The average Bonchev–Trinajstić information content (AvgIpc) is 3.12. The Hall–Kier alpha value is -1.37. The molecule has 0 aromatic heterocycles. The lowest BCUT2D eigenvalue weighted by molar-refractivity contribution is 0.0887. The molecule has 2 fully saturated rings. The molecule has 0 saturated carbocycles. The monoisotopic (exact) mass is 419 g/mol. The molecule has 6 heteroatoms. The second-order valence-corrected chi connectivity index (χ2v) is 10.2. The Morgan fingerprint density at radius 3 is 2.41 bits per heavy atom. The van der Waals surface area contributed by atoms with Crippen molar-refractivity contribution in [3.05, 3.63) is 29.8 Å². The molecule has 1 aromatic rings. The Labute approximate surface area is 181 Å². The molecule has 3 rings (SSSR count). The van der Waals surface area contributed by atoms with E-state index in [4.69, 9.17) is 21.7 Å². The molecule has 0 spiro atoms. The van der Waals surface area contributed by atoms with Crippen LogP contribution in [-0.2, 0) is 11.3 Å². The summed E-state index contributed by atoms with van der Waals surface area (Å²) in [6.45, 7) is 11.5. The SMILES string of the molecule is COc1ccc(CN(CC2CCCO2)C(=S)NC2CC(C)(C)NC(C)(C)C2)cc1. The number of rotatable bonds is 6. The van der Waals surface area contributed by atoms with Crippen LogP contribution in [-0.4, -0.2) is 53.5 Å². The van der Waals surface area contributed by atoms with E-state index in [1.165, 1.54) is 5.56 Å². The number of nitrogens with zero attached hydrogens (tertiary/aromatic N) is 1. The number of benzene rings is 1. The standard InChI is InChI=1S/C23H37N3O2S/c1-22(2)13-18(14-23(3,4)25-22)24-21(29)26(16-20-7-6-12-28-20)15-17-8-10-19(27-5)11-9-17/h8-11,18,20,25H,6-7,12-16H2,1-5H3,(H,24,29). The quantitative estimate of drug-likeness (QED) is 0.683. The van der Waals surface area contributed by atoms with E-state index in [0.717, 1.165) is 56.2 Å². The third-order valence-corrected chi connectivity index (χ3v) is 6.16. The second-order valence-electron chi connectivity index (χ2n) is 9.81. The summed E-state index contributed by atoms with van der Waals surface area (Å²) in [6, 6.07) is 8.60. The van der Waals surface area contributed by atoms with Gasteiger partial charge in [-0.25, -0.2) is 0 Å². The lowest BCUT2D eigenvalue weighted by Gasteiger charge is -2.47. The highest BCUT2D eigenvalue weighted by atomic mass is 32.1. The maximum atomic E-state index is 5.90.